The van der Waals surface area contributed by atoms with Gasteiger partial charge in [-0.2, -0.15) is 0 Å². The fraction of sp³-hybridized carbons (Fsp3) is 0.231. The van der Waals surface area contributed by atoms with E-state index < -0.39 is 11.9 Å². The molecule has 0 bridgehead atoms. The summed E-state index contributed by atoms with van der Waals surface area (Å²) in [7, 11) is 0. The Morgan fingerprint density at radius 2 is 2.00 bits per heavy atom. The first-order valence-electron chi connectivity index (χ1n) is 5.27. The molecular weight excluding hydrogens is 256 g/mol. The second kappa shape index (κ2) is 6.81. The average Bonchev–Trinajstić information content (AvgIpc) is 2.37. The van der Waals surface area contributed by atoms with E-state index in [0.717, 1.165) is 11.6 Å². The Morgan fingerprint density at radius 3 is 2.61 bits per heavy atom. The van der Waals surface area contributed by atoms with Crippen LogP contribution >= 0.6 is 11.6 Å². The Balaban J connectivity index is 2.43. The van der Waals surface area contributed by atoms with Crippen LogP contribution in [-0.4, -0.2) is 25.2 Å². The van der Waals surface area contributed by atoms with Crippen LogP contribution in [0.25, 0.3) is 0 Å². The minimum absolute atomic E-state index is 0.00378. The van der Waals surface area contributed by atoms with E-state index in [4.69, 9.17) is 16.3 Å². The summed E-state index contributed by atoms with van der Waals surface area (Å²) in [6.07, 6.45) is 1.04. The number of ether oxygens (including phenoxy) is 2. The predicted molar refractivity (Wildman–Crippen MR) is 67.6 cm³/mol. The van der Waals surface area contributed by atoms with E-state index in [2.05, 4.69) is 11.3 Å². The molecule has 1 aromatic carbocycles. The van der Waals surface area contributed by atoms with Crippen LogP contribution in [0.1, 0.15) is 15.9 Å². The number of benzene rings is 1. The van der Waals surface area contributed by atoms with E-state index in [1.54, 1.807) is 12.1 Å². The summed E-state index contributed by atoms with van der Waals surface area (Å²) in [4.78, 5) is 22.3. The standard InChI is InChI=1S/C13H13ClO4/c1-3-12(15)17-6-7-18-13(16)10-5-4-9(2)11(14)8-10/h3-5,8H,1,6-7H2,2H3. The number of esters is 2. The largest absolute Gasteiger partial charge is 0.459 e. The zero-order valence-electron chi connectivity index (χ0n) is 9.94. The third-order valence-corrected chi connectivity index (χ3v) is 2.54. The second-order valence-corrected chi connectivity index (χ2v) is 3.88. The molecule has 0 radical (unpaired) electrons. The van der Waals surface area contributed by atoms with Crippen LogP contribution in [0.5, 0.6) is 0 Å². The van der Waals surface area contributed by atoms with E-state index in [1.165, 1.54) is 6.07 Å². The van der Waals surface area contributed by atoms with Gasteiger partial charge in [-0.3, -0.25) is 0 Å². The van der Waals surface area contributed by atoms with Gasteiger partial charge in [0.1, 0.15) is 13.2 Å². The molecule has 0 fully saturated rings. The molecular formula is C13H13ClO4. The fourth-order valence-corrected chi connectivity index (χ4v) is 1.32. The van der Waals surface area contributed by atoms with Crippen molar-refractivity contribution in [1.82, 2.24) is 0 Å². The van der Waals surface area contributed by atoms with Crippen LogP contribution in [-0.2, 0) is 14.3 Å². The summed E-state index contributed by atoms with van der Waals surface area (Å²) in [6, 6.07) is 4.89. The van der Waals surface area contributed by atoms with Gasteiger partial charge in [-0.1, -0.05) is 24.2 Å². The van der Waals surface area contributed by atoms with Crippen LogP contribution in [0.15, 0.2) is 30.9 Å². The Labute approximate surface area is 110 Å². The van der Waals surface area contributed by atoms with Crippen molar-refractivity contribution in [1.29, 1.82) is 0 Å². The molecule has 0 unspecified atom stereocenters. The van der Waals surface area contributed by atoms with Crippen LogP contribution in [0, 0.1) is 6.92 Å². The molecule has 0 N–H and O–H groups in total. The monoisotopic (exact) mass is 268 g/mol. The molecule has 1 aromatic rings. The molecule has 0 spiro atoms. The molecule has 0 amide bonds. The van der Waals surface area contributed by atoms with Crippen LogP contribution in [0.4, 0.5) is 0 Å². The van der Waals surface area contributed by atoms with Gasteiger partial charge in [0.2, 0.25) is 0 Å². The first kappa shape index (κ1) is 14.3. The molecule has 0 aliphatic rings. The van der Waals surface area contributed by atoms with Crippen LogP contribution in [0.3, 0.4) is 0 Å². The van der Waals surface area contributed by atoms with Crippen molar-refractivity contribution in [3.63, 3.8) is 0 Å². The predicted octanol–water partition coefficient (Wildman–Crippen LogP) is 2.53. The van der Waals surface area contributed by atoms with Crippen molar-refractivity contribution in [2.45, 2.75) is 6.92 Å². The number of carbonyl (C=O) groups is 2. The Kier molecular flexibility index (Phi) is 5.39. The lowest BCUT2D eigenvalue weighted by Gasteiger charge is -2.06. The van der Waals surface area contributed by atoms with Gasteiger partial charge in [0.05, 0.1) is 5.56 Å². The molecule has 4 nitrogen and oxygen atoms in total. The summed E-state index contributed by atoms with van der Waals surface area (Å²) in [6.45, 7) is 5.07. The first-order chi connectivity index (χ1) is 8.54. The summed E-state index contributed by atoms with van der Waals surface area (Å²) >= 11 is 5.89. The maximum atomic E-state index is 11.6. The maximum absolute atomic E-state index is 11.6. The molecule has 0 saturated heterocycles. The zero-order chi connectivity index (χ0) is 13.5. The highest BCUT2D eigenvalue weighted by Gasteiger charge is 2.08. The summed E-state index contributed by atoms with van der Waals surface area (Å²) in [5, 5.41) is 0.502. The van der Waals surface area contributed by atoms with Crippen molar-refractivity contribution in [3.05, 3.63) is 47.0 Å². The molecule has 0 heterocycles. The lowest BCUT2D eigenvalue weighted by atomic mass is 10.1. The van der Waals surface area contributed by atoms with Crippen molar-refractivity contribution in [2.75, 3.05) is 13.2 Å². The minimum Gasteiger partial charge on any atom is -0.459 e. The molecule has 5 heteroatoms. The highest BCUT2D eigenvalue weighted by Crippen LogP contribution is 2.17. The van der Waals surface area contributed by atoms with E-state index >= 15 is 0 Å². The lowest BCUT2D eigenvalue weighted by Crippen LogP contribution is -2.12. The molecule has 1 rings (SSSR count). The summed E-state index contributed by atoms with van der Waals surface area (Å²) < 4.78 is 9.57. The van der Waals surface area contributed by atoms with Gasteiger partial charge in [0.15, 0.2) is 0 Å². The van der Waals surface area contributed by atoms with Gasteiger partial charge >= 0.3 is 11.9 Å². The molecule has 0 aliphatic carbocycles. The molecule has 0 atom stereocenters. The number of hydrogen-bond acceptors (Lipinski definition) is 4. The molecule has 96 valence electrons. The van der Waals surface area contributed by atoms with Gasteiger partial charge in [0.25, 0.3) is 0 Å². The van der Waals surface area contributed by atoms with Crippen LogP contribution < -0.4 is 0 Å². The zero-order valence-corrected chi connectivity index (χ0v) is 10.7. The Morgan fingerprint density at radius 1 is 1.33 bits per heavy atom. The van der Waals surface area contributed by atoms with Crippen molar-refractivity contribution < 1.29 is 19.1 Å². The van der Waals surface area contributed by atoms with E-state index in [-0.39, 0.29) is 13.2 Å². The quantitative estimate of drug-likeness (QED) is 0.468. The highest BCUT2D eigenvalue weighted by atomic mass is 35.5. The molecule has 0 aromatic heterocycles. The minimum atomic E-state index is -0.551. The number of rotatable bonds is 5. The van der Waals surface area contributed by atoms with Crippen molar-refractivity contribution in [2.24, 2.45) is 0 Å². The highest BCUT2D eigenvalue weighted by molar-refractivity contribution is 6.31. The van der Waals surface area contributed by atoms with Gasteiger partial charge in [-0.15, -0.1) is 0 Å². The normalized spacial score (nSPS) is 9.67. The Hall–Kier alpha value is -1.81. The number of hydrogen-bond donors (Lipinski definition) is 0. The lowest BCUT2D eigenvalue weighted by molar-refractivity contribution is -0.138. The average molecular weight is 269 g/mol. The van der Waals surface area contributed by atoms with E-state index in [0.29, 0.717) is 10.6 Å². The number of halogens is 1. The van der Waals surface area contributed by atoms with E-state index in [1.807, 2.05) is 6.92 Å². The smallest absolute Gasteiger partial charge is 0.338 e. The Bertz CT molecular complexity index is 468. The van der Waals surface area contributed by atoms with Crippen molar-refractivity contribution >= 4 is 23.5 Å². The molecule has 18 heavy (non-hydrogen) atoms. The van der Waals surface area contributed by atoms with Gasteiger partial charge in [-0.25, -0.2) is 9.59 Å². The first-order valence-corrected chi connectivity index (χ1v) is 5.65. The van der Waals surface area contributed by atoms with Gasteiger partial charge in [0, 0.05) is 11.1 Å². The van der Waals surface area contributed by atoms with Gasteiger partial charge < -0.3 is 9.47 Å². The third kappa shape index (κ3) is 4.22. The van der Waals surface area contributed by atoms with E-state index in [9.17, 15) is 9.59 Å². The van der Waals surface area contributed by atoms with Crippen molar-refractivity contribution in [3.8, 4) is 0 Å². The van der Waals surface area contributed by atoms with Gasteiger partial charge in [-0.05, 0) is 24.6 Å². The third-order valence-electron chi connectivity index (χ3n) is 2.14. The fourth-order valence-electron chi connectivity index (χ4n) is 1.14. The topological polar surface area (TPSA) is 52.6 Å². The maximum Gasteiger partial charge on any atom is 0.338 e. The number of carbonyl (C=O) groups excluding carboxylic acids is 2. The summed E-state index contributed by atoms with van der Waals surface area (Å²) in [5.41, 5.74) is 1.24. The number of aryl methyl sites for hydroxylation is 1. The second-order valence-electron chi connectivity index (χ2n) is 3.47. The molecule has 0 aliphatic heterocycles. The van der Waals surface area contributed by atoms with Crippen LogP contribution in [0.2, 0.25) is 5.02 Å². The summed E-state index contributed by atoms with van der Waals surface area (Å²) in [5.74, 6) is -1.06. The SMILES string of the molecule is C=CC(=O)OCCOC(=O)c1ccc(C)c(Cl)c1. The molecule has 0 saturated carbocycles.